The number of hydrazone groups is 1. The van der Waals surface area contributed by atoms with Crippen molar-refractivity contribution in [2.24, 2.45) is 5.10 Å². The normalized spacial score (nSPS) is 15.5. The monoisotopic (exact) mass is 489 g/mol. The van der Waals surface area contributed by atoms with Crippen molar-refractivity contribution in [3.63, 3.8) is 0 Å². The SMILES string of the molecule is O=[N+]([O-])c1ccc(N/N=C/c2ccc(C3=CSC(=C4SC=CS4)S3)cn2)c([N+](=O)[O-])c1. The lowest BCUT2D eigenvalue weighted by Crippen LogP contribution is -1.99. The number of aromatic nitrogens is 1. The van der Waals surface area contributed by atoms with Gasteiger partial charge < -0.3 is 0 Å². The molecule has 2 aromatic rings. The van der Waals surface area contributed by atoms with Crippen LogP contribution in [0.5, 0.6) is 0 Å². The summed E-state index contributed by atoms with van der Waals surface area (Å²) in [6, 6.07) is 7.03. The van der Waals surface area contributed by atoms with Crippen molar-refractivity contribution in [3.05, 3.63) is 92.7 Å². The zero-order chi connectivity index (χ0) is 21.8. The maximum Gasteiger partial charge on any atom is 0.301 e. The third-order valence-electron chi connectivity index (χ3n) is 3.89. The average Bonchev–Trinajstić information content (AvgIpc) is 3.46. The number of nitrogens with zero attached hydrogens (tertiary/aromatic N) is 4. The van der Waals surface area contributed by atoms with E-state index in [2.05, 4.69) is 31.7 Å². The number of benzene rings is 1. The second-order valence-corrected chi connectivity index (χ2v) is 10.1. The first-order chi connectivity index (χ1) is 15.0. The zero-order valence-electron chi connectivity index (χ0n) is 15.3. The van der Waals surface area contributed by atoms with Crippen molar-refractivity contribution in [2.75, 3.05) is 5.43 Å². The molecule has 0 amide bonds. The van der Waals surface area contributed by atoms with Gasteiger partial charge in [-0.1, -0.05) is 53.1 Å². The molecule has 0 atom stereocenters. The molecule has 1 aromatic carbocycles. The van der Waals surface area contributed by atoms with E-state index >= 15 is 0 Å². The Bertz CT molecular complexity index is 1170. The Morgan fingerprint density at radius 2 is 1.81 bits per heavy atom. The third kappa shape index (κ3) is 5.12. The van der Waals surface area contributed by atoms with E-state index in [1.165, 1.54) is 26.8 Å². The van der Waals surface area contributed by atoms with Gasteiger partial charge in [0.2, 0.25) is 0 Å². The number of hydrogen-bond acceptors (Lipinski definition) is 11. The number of nitro groups is 2. The lowest BCUT2D eigenvalue weighted by molar-refractivity contribution is -0.393. The minimum Gasteiger partial charge on any atom is -0.272 e. The van der Waals surface area contributed by atoms with Crippen molar-refractivity contribution < 1.29 is 9.85 Å². The van der Waals surface area contributed by atoms with Gasteiger partial charge >= 0.3 is 5.69 Å². The summed E-state index contributed by atoms with van der Waals surface area (Å²) in [5.41, 5.74) is 3.34. The fourth-order valence-corrected chi connectivity index (χ4v) is 6.92. The van der Waals surface area contributed by atoms with E-state index in [1.807, 2.05) is 6.07 Å². The number of pyridine rings is 1. The maximum atomic E-state index is 11.2. The van der Waals surface area contributed by atoms with E-state index in [0.29, 0.717) is 5.69 Å². The fraction of sp³-hybridized carbons (Fsp3) is 0. The minimum absolute atomic E-state index is 0.0470. The molecule has 3 heterocycles. The molecular formula is C18H11N5O4S4. The van der Waals surface area contributed by atoms with Crippen molar-refractivity contribution in [1.29, 1.82) is 0 Å². The molecule has 9 nitrogen and oxygen atoms in total. The molecule has 0 saturated heterocycles. The smallest absolute Gasteiger partial charge is 0.272 e. The van der Waals surface area contributed by atoms with Crippen molar-refractivity contribution >= 4 is 75.2 Å². The van der Waals surface area contributed by atoms with Crippen LogP contribution in [0.2, 0.25) is 0 Å². The van der Waals surface area contributed by atoms with Gasteiger partial charge in [-0.05, 0) is 28.4 Å². The Balaban J connectivity index is 1.41. The van der Waals surface area contributed by atoms with Gasteiger partial charge in [-0.3, -0.25) is 30.6 Å². The van der Waals surface area contributed by atoms with E-state index in [0.717, 1.165) is 16.5 Å². The summed E-state index contributed by atoms with van der Waals surface area (Å²) >= 11 is 6.86. The van der Waals surface area contributed by atoms with Crippen molar-refractivity contribution in [1.82, 2.24) is 4.98 Å². The Morgan fingerprint density at radius 1 is 1.00 bits per heavy atom. The van der Waals surface area contributed by atoms with Gasteiger partial charge in [0.1, 0.15) is 5.69 Å². The fourth-order valence-electron chi connectivity index (χ4n) is 2.45. The van der Waals surface area contributed by atoms with E-state index in [9.17, 15) is 20.2 Å². The molecule has 2 aliphatic heterocycles. The highest BCUT2D eigenvalue weighted by atomic mass is 32.2. The second-order valence-electron chi connectivity index (χ2n) is 5.84. The van der Waals surface area contributed by atoms with Gasteiger partial charge in [0.05, 0.1) is 36.3 Å². The quantitative estimate of drug-likeness (QED) is 0.285. The van der Waals surface area contributed by atoms with Crippen LogP contribution in [0.3, 0.4) is 0 Å². The van der Waals surface area contributed by atoms with E-state index < -0.39 is 15.5 Å². The van der Waals surface area contributed by atoms with Crippen LogP contribution in [0.15, 0.2) is 66.3 Å². The molecule has 0 spiro atoms. The number of hydrogen-bond donors (Lipinski definition) is 1. The van der Waals surface area contributed by atoms with Gasteiger partial charge in [0.25, 0.3) is 5.69 Å². The molecule has 4 rings (SSSR count). The number of thioether (sulfide) groups is 4. The lowest BCUT2D eigenvalue weighted by atomic mass is 10.2. The van der Waals surface area contributed by atoms with Gasteiger partial charge in [-0.15, -0.1) is 0 Å². The van der Waals surface area contributed by atoms with Gasteiger partial charge in [-0.25, -0.2) is 0 Å². The number of anilines is 1. The van der Waals surface area contributed by atoms with Crippen molar-refractivity contribution in [2.45, 2.75) is 0 Å². The van der Waals surface area contributed by atoms with Crippen molar-refractivity contribution in [3.8, 4) is 0 Å². The summed E-state index contributed by atoms with van der Waals surface area (Å²) < 4.78 is 2.54. The van der Waals surface area contributed by atoms with Crippen LogP contribution < -0.4 is 5.43 Å². The molecule has 1 N–H and O–H groups in total. The Morgan fingerprint density at radius 3 is 2.48 bits per heavy atom. The molecule has 0 bridgehead atoms. The Labute approximate surface area is 192 Å². The van der Waals surface area contributed by atoms with Gasteiger partial charge in [0, 0.05) is 22.7 Å². The largest absolute Gasteiger partial charge is 0.301 e. The summed E-state index contributed by atoms with van der Waals surface area (Å²) in [7, 11) is 0. The van der Waals surface area contributed by atoms with Crippen LogP contribution in [-0.4, -0.2) is 21.0 Å². The summed E-state index contributed by atoms with van der Waals surface area (Å²) in [5.74, 6) is 0. The van der Waals surface area contributed by atoms with Crippen LogP contribution in [0.1, 0.15) is 11.3 Å². The average molecular weight is 490 g/mol. The molecule has 31 heavy (non-hydrogen) atoms. The highest BCUT2D eigenvalue weighted by Gasteiger charge is 2.20. The summed E-state index contributed by atoms with van der Waals surface area (Å²) in [6.07, 6.45) is 3.17. The second kappa shape index (κ2) is 9.60. The summed E-state index contributed by atoms with van der Waals surface area (Å²) in [4.78, 5) is 26.0. The van der Waals surface area contributed by atoms with Crippen LogP contribution in [0, 0.1) is 20.2 Å². The van der Waals surface area contributed by atoms with Gasteiger partial charge in [-0.2, -0.15) is 5.10 Å². The zero-order valence-corrected chi connectivity index (χ0v) is 18.6. The summed E-state index contributed by atoms with van der Waals surface area (Å²) in [6.45, 7) is 0. The maximum absolute atomic E-state index is 11.2. The molecule has 0 radical (unpaired) electrons. The molecule has 13 heteroatoms. The number of nitrogens with one attached hydrogen (secondary N) is 1. The predicted molar refractivity (Wildman–Crippen MR) is 130 cm³/mol. The first kappa shape index (κ1) is 21.5. The van der Waals surface area contributed by atoms with Gasteiger partial charge in [0.15, 0.2) is 0 Å². The molecule has 1 aromatic heterocycles. The highest BCUT2D eigenvalue weighted by Crippen LogP contribution is 2.55. The molecule has 0 fully saturated rings. The highest BCUT2D eigenvalue weighted by molar-refractivity contribution is 8.35. The molecule has 156 valence electrons. The first-order valence-corrected chi connectivity index (χ1v) is 11.9. The van der Waals surface area contributed by atoms with Crippen LogP contribution >= 0.6 is 47.0 Å². The number of nitro benzene ring substituents is 2. The van der Waals surface area contributed by atoms with E-state index in [-0.39, 0.29) is 11.4 Å². The summed E-state index contributed by atoms with van der Waals surface area (Å²) in [5, 5.41) is 32.2. The van der Waals surface area contributed by atoms with E-state index in [1.54, 1.807) is 59.3 Å². The topological polar surface area (TPSA) is 124 Å². The standard InChI is InChI=1S/C18H11N5O4S4/c24-22(25)13-3-4-14(15(7-13)23(26)27)21-20-9-12-2-1-11(8-19-12)16-10-30-18(31-16)17-28-5-6-29-17/h1-10,21H/b20-9+. The minimum atomic E-state index is -0.703. The number of non-ortho nitro benzene ring substituents is 1. The predicted octanol–water partition coefficient (Wildman–Crippen LogP) is 6.20. The van der Waals surface area contributed by atoms with Crippen LogP contribution in [-0.2, 0) is 0 Å². The lowest BCUT2D eigenvalue weighted by Gasteiger charge is -2.04. The molecule has 2 aliphatic rings. The Kier molecular flexibility index (Phi) is 6.65. The van der Waals surface area contributed by atoms with Crippen LogP contribution in [0.4, 0.5) is 17.1 Å². The molecule has 0 unspecified atom stereocenters. The molecular weight excluding hydrogens is 478 g/mol. The van der Waals surface area contributed by atoms with Crippen LogP contribution in [0.25, 0.3) is 4.91 Å². The molecule has 0 saturated carbocycles. The molecule has 0 aliphatic carbocycles. The van der Waals surface area contributed by atoms with E-state index in [4.69, 9.17) is 0 Å². The third-order valence-corrected chi connectivity index (χ3v) is 8.96. The first-order valence-electron chi connectivity index (χ1n) is 8.47. The number of rotatable bonds is 6. The Hall–Kier alpha value is -2.74.